The van der Waals surface area contributed by atoms with Crippen molar-refractivity contribution in [2.75, 3.05) is 12.3 Å². The first-order valence-corrected chi connectivity index (χ1v) is 10.2. The van der Waals surface area contributed by atoms with E-state index in [2.05, 4.69) is 20.5 Å². The lowest BCUT2D eigenvalue weighted by Crippen LogP contribution is -2.46. The van der Waals surface area contributed by atoms with Gasteiger partial charge in [0.15, 0.2) is 5.16 Å². The van der Waals surface area contributed by atoms with Crippen LogP contribution in [0.25, 0.3) is 5.69 Å². The summed E-state index contributed by atoms with van der Waals surface area (Å²) in [6, 6.07) is 7.64. The number of imidazole rings is 1. The highest BCUT2D eigenvalue weighted by atomic mass is 32.2. The van der Waals surface area contributed by atoms with Gasteiger partial charge in [-0.2, -0.15) is 13.2 Å². The Bertz CT molecular complexity index is 1030. The fourth-order valence-corrected chi connectivity index (χ4v) is 3.67. The number of alkyl halides is 3. The predicted molar refractivity (Wildman–Crippen MR) is 108 cm³/mol. The van der Waals surface area contributed by atoms with Crippen molar-refractivity contribution in [3.63, 3.8) is 0 Å². The Labute approximate surface area is 180 Å². The van der Waals surface area contributed by atoms with Gasteiger partial charge in [0, 0.05) is 38.1 Å². The molecule has 166 valence electrons. The molecule has 8 nitrogen and oxygen atoms in total. The van der Waals surface area contributed by atoms with Crippen LogP contribution >= 0.6 is 11.8 Å². The topological polar surface area (TPSA) is 97.9 Å². The number of nitrogens with one attached hydrogen (secondary N) is 1. The number of nitrogens with zero attached hydrogens (tertiary/aromatic N) is 5. The van der Waals surface area contributed by atoms with Crippen molar-refractivity contribution in [1.29, 1.82) is 0 Å². The average Bonchev–Trinajstić information content (AvgIpc) is 3.35. The van der Waals surface area contributed by atoms with Crippen LogP contribution in [0, 0.1) is 6.92 Å². The zero-order valence-corrected chi connectivity index (χ0v) is 17.6. The third-order valence-electron chi connectivity index (χ3n) is 4.63. The average molecular weight is 454 g/mol. The number of thioether (sulfide) groups is 1. The SMILES string of the molecule is Cc1ccc(-n2cnnc2SCC(=O)NCCC(O)(c2nccn2C)C(F)(F)F)cc1. The Kier molecular flexibility index (Phi) is 6.70. The number of carbonyl (C=O) groups is 1. The molecule has 1 amide bonds. The smallest absolute Gasteiger partial charge is 0.374 e. The highest BCUT2D eigenvalue weighted by Gasteiger charge is 2.57. The standard InChI is InChI=1S/C19H21F3N6O2S/c1-13-3-5-14(6-4-13)28-12-25-26-17(28)31-11-15(29)23-8-7-18(30,19(20,21)22)16-24-9-10-27(16)2/h3-6,9-10,12,30H,7-8,11H2,1-2H3,(H,23,29). The number of rotatable bonds is 8. The summed E-state index contributed by atoms with van der Waals surface area (Å²) in [5.74, 6) is -1.10. The second kappa shape index (κ2) is 9.10. The van der Waals surface area contributed by atoms with Crippen molar-refractivity contribution in [3.05, 3.63) is 54.4 Å². The minimum atomic E-state index is -4.95. The maximum Gasteiger partial charge on any atom is 0.424 e. The summed E-state index contributed by atoms with van der Waals surface area (Å²) in [5, 5.41) is 21.0. The van der Waals surface area contributed by atoms with E-state index < -0.39 is 29.9 Å². The fraction of sp³-hybridized carbons (Fsp3) is 0.368. The van der Waals surface area contributed by atoms with Crippen LogP contribution in [0.15, 0.2) is 48.1 Å². The molecular weight excluding hydrogens is 433 g/mol. The molecule has 0 aliphatic heterocycles. The second-order valence-corrected chi connectivity index (χ2v) is 7.87. The lowest BCUT2D eigenvalue weighted by atomic mass is 9.97. The minimum Gasteiger partial charge on any atom is -0.374 e. The summed E-state index contributed by atoms with van der Waals surface area (Å²) in [6.07, 6.45) is -1.72. The van der Waals surface area contributed by atoms with Gasteiger partial charge in [-0.05, 0) is 19.1 Å². The van der Waals surface area contributed by atoms with E-state index in [0.717, 1.165) is 27.6 Å². The largest absolute Gasteiger partial charge is 0.424 e. The van der Waals surface area contributed by atoms with Gasteiger partial charge < -0.3 is 15.0 Å². The van der Waals surface area contributed by atoms with Gasteiger partial charge in [-0.25, -0.2) is 4.98 Å². The number of benzene rings is 1. The molecule has 31 heavy (non-hydrogen) atoms. The van der Waals surface area contributed by atoms with E-state index in [0.29, 0.717) is 5.16 Å². The van der Waals surface area contributed by atoms with Crippen LogP contribution in [-0.4, -0.2) is 53.8 Å². The molecule has 0 fully saturated rings. The van der Waals surface area contributed by atoms with Gasteiger partial charge in [0.1, 0.15) is 12.2 Å². The molecule has 3 rings (SSSR count). The van der Waals surface area contributed by atoms with E-state index in [4.69, 9.17) is 0 Å². The molecule has 2 N–H and O–H groups in total. The summed E-state index contributed by atoms with van der Waals surface area (Å²) >= 11 is 1.10. The van der Waals surface area contributed by atoms with E-state index in [1.165, 1.54) is 25.8 Å². The first-order valence-electron chi connectivity index (χ1n) is 9.25. The van der Waals surface area contributed by atoms with Crippen LogP contribution in [0.1, 0.15) is 17.8 Å². The molecule has 1 atom stereocenters. The van der Waals surface area contributed by atoms with Gasteiger partial charge >= 0.3 is 6.18 Å². The lowest BCUT2D eigenvalue weighted by molar-refractivity contribution is -0.272. The van der Waals surface area contributed by atoms with Crippen molar-refractivity contribution in [2.24, 2.45) is 7.05 Å². The molecule has 0 spiro atoms. The molecule has 0 saturated heterocycles. The zero-order chi connectivity index (χ0) is 22.6. The van der Waals surface area contributed by atoms with Crippen LogP contribution in [0.5, 0.6) is 0 Å². The summed E-state index contributed by atoms with van der Waals surface area (Å²) in [5.41, 5.74) is -1.25. The van der Waals surface area contributed by atoms with Crippen molar-refractivity contribution in [2.45, 2.75) is 30.3 Å². The third kappa shape index (κ3) is 5.07. The molecule has 0 radical (unpaired) electrons. The molecule has 0 aliphatic rings. The van der Waals surface area contributed by atoms with Gasteiger partial charge in [0.05, 0.1) is 5.75 Å². The number of hydrogen-bond acceptors (Lipinski definition) is 6. The van der Waals surface area contributed by atoms with Gasteiger partial charge in [0.25, 0.3) is 0 Å². The van der Waals surface area contributed by atoms with Crippen LogP contribution < -0.4 is 5.32 Å². The molecule has 1 aromatic carbocycles. The van der Waals surface area contributed by atoms with E-state index in [-0.39, 0.29) is 12.3 Å². The van der Waals surface area contributed by atoms with Gasteiger partial charge in [-0.1, -0.05) is 29.5 Å². The molecular formula is C19H21F3N6O2S. The maximum absolute atomic E-state index is 13.5. The number of aryl methyl sites for hydroxylation is 2. The van der Waals surface area contributed by atoms with Crippen LogP contribution in [0.2, 0.25) is 0 Å². The van der Waals surface area contributed by atoms with E-state index in [9.17, 15) is 23.1 Å². The molecule has 3 aromatic rings. The zero-order valence-electron chi connectivity index (χ0n) is 16.8. The van der Waals surface area contributed by atoms with E-state index in [1.54, 1.807) is 4.57 Å². The predicted octanol–water partition coefficient (Wildman–Crippen LogP) is 2.36. The molecule has 0 saturated carbocycles. The Balaban J connectivity index is 1.57. The van der Waals surface area contributed by atoms with Crippen molar-refractivity contribution in [3.8, 4) is 5.69 Å². The first kappa shape index (κ1) is 22.8. The first-order chi connectivity index (χ1) is 14.6. The monoisotopic (exact) mass is 454 g/mol. The molecule has 0 aliphatic carbocycles. The number of carbonyl (C=O) groups excluding carboxylic acids is 1. The second-order valence-electron chi connectivity index (χ2n) is 6.93. The molecule has 2 heterocycles. The van der Waals surface area contributed by atoms with Crippen molar-refractivity contribution in [1.82, 2.24) is 29.6 Å². The Hall–Kier alpha value is -2.86. The van der Waals surface area contributed by atoms with Crippen LogP contribution in [0.4, 0.5) is 13.2 Å². The van der Waals surface area contributed by atoms with Crippen molar-refractivity contribution >= 4 is 17.7 Å². The summed E-state index contributed by atoms with van der Waals surface area (Å²) in [6.45, 7) is 1.58. The van der Waals surface area contributed by atoms with Crippen LogP contribution in [-0.2, 0) is 17.4 Å². The van der Waals surface area contributed by atoms with Crippen LogP contribution in [0.3, 0.4) is 0 Å². The lowest BCUT2D eigenvalue weighted by Gasteiger charge is -2.29. The normalized spacial score (nSPS) is 13.7. The summed E-state index contributed by atoms with van der Waals surface area (Å²) in [7, 11) is 1.36. The Morgan fingerprint density at radius 1 is 1.26 bits per heavy atom. The number of hydrogen-bond donors (Lipinski definition) is 2. The van der Waals surface area contributed by atoms with Crippen molar-refractivity contribution < 1.29 is 23.1 Å². The fourth-order valence-electron chi connectivity index (χ4n) is 2.91. The third-order valence-corrected chi connectivity index (χ3v) is 5.57. The number of aromatic nitrogens is 5. The maximum atomic E-state index is 13.5. The van der Waals surface area contributed by atoms with E-state index >= 15 is 0 Å². The number of aliphatic hydroxyl groups is 1. The molecule has 12 heteroatoms. The molecule has 2 aromatic heterocycles. The van der Waals surface area contributed by atoms with Gasteiger partial charge in [-0.3, -0.25) is 9.36 Å². The summed E-state index contributed by atoms with van der Waals surface area (Å²) < 4.78 is 43.3. The minimum absolute atomic E-state index is 0.0720. The van der Waals surface area contributed by atoms with Gasteiger partial charge in [0.2, 0.25) is 11.5 Å². The Morgan fingerprint density at radius 3 is 2.58 bits per heavy atom. The molecule has 0 bridgehead atoms. The Morgan fingerprint density at radius 2 is 1.97 bits per heavy atom. The highest BCUT2D eigenvalue weighted by Crippen LogP contribution is 2.40. The van der Waals surface area contributed by atoms with Gasteiger partial charge in [-0.15, -0.1) is 10.2 Å². The number of amides is 1. The quantitative estimate of drug-likeness (QED) is 0.507. The molecule has 1 unspecified atom stereocenters. The summed E-state index contributed by atoms with van der Waals surface area (Å²) in [4.78, 5) is 15.8. The highest BCUT2D eigenvalue weighted by molar-refractivity contribution is 7.99. The van der Waals surface area contributed by atoms with E-state index in [1.807, 2.05) is 31.2 Å². The number of halogens is 3.